The fraction of sp³-hybridized carbons (Fsp3) is 0.300. The van der Waals surface area contributed by atoms with Crippen LogP contribution in [0.5, 0.6) is 5.75 Å². The number of nitrogens with one attached hydrogen (secondary N) is 1. The molecule has 0 aliphatic heterocycles. The van der Waals surface area contributed by atoms with E-state index < -0.39 is 12.1 Å². The van der Waals surface area contributed by atoms with Gasteiger partial charge in [0.05, 0.1) is 11.6 Å². The van der Waals surface area contributed by atoms with Gasteiger partial charge in [-0.05, 0) is 61.6 Å². The first kappa shape index (κ1) is 17.0. The maximum absolute atomic E-state index is 12.4. The van der Waals surface area contributed by atoms with E-state index in [0.717, 1.165) is 24.8 Å². The van der Waals surface area contributed by atoms with Gasteiger partial charge in [-0.3, -0.25) is 4.79 Å². The SMILES string of the molecule is C[C@H](OC(=O)c1ccc(O)cc1)C(=O)N[C@@H]1CCCc2ccccc21. The molecule has 0 spiro atoms. The van der Waals surface area contributed by atoms with Gasteiger partial charge in [-0.15, -0.1) is 0 Å². The van der Waals surface area contributed by atoms with Gasteiger partial charge in [-0.2, -0.15) is 0 Å². The molecule has 5 heteroatoms. The molecule has 130 valence electrons. The third kappa shape index (κ3) is 3.99. The minimum Gasteiger partial charge on any atom is -0.508 e. The zero-order valence-corrected chi connectivity index (χ0v) is 14.1. The molecule has 0 unspecified atom stereocenters. The van der Waals surface area contributed by atoms with E-state index in [-0.39, 0.29) is 17.7 Å². The van der Waals surface area contributed by atoms with Gasteiger partial charge in [0.15, 0.2) is 6.10 Å². The Morgan fingerprint density at radius 3 is 2.64 bits per heavy atom. The molecule has 2 N–H and O–H groups in total. The first-order chi connectivity index (χ1) is 12.0. The van der Waals surface area contributed by atoms with E-state index in [1.165, 1.54) is 29.8 Å². The molecule has 0 saturated heterocycles. The minimum atomic E-state index is -0.893. The highest BCUT2D eigenvalue weighted by atomic mass is 16.5. The van der Waals surface area contributed by atoms with Crippen molar-refractivity contribution in [3.8, 4) is 5.75 Å². The second-order valence-electron chi connectivity index (χ2n) is 6.25. The van der Waals surface area contributed by atoms with Gasteiger partial charge < -0.3 is 15.2 Å². The standard InChI is InChI=1S/C20H21NO4/c1-13(25-20(24)15-9-11-16(22)12-10-15)19(23)21-18-8-4-6-14-5-2-3-7-17(14)18/h2-3,5,7,9-13,18,22H,4,6,8H2,1H3,(H,21,23)/t13-,18+/m0/s1. The van der Waals surface area contributed by atoms with E-state index >= 15 is 0 Å². The topological polar surface area (TPSA) is 75.6 Å². The van der Waals surface area contributed by atoms with Gasteiger partial charge in [0.1, 0.15) is 5.75 Å². The molecule has 0 radical (unpaired) electrons. The van der Waals surface area contributed by atoms with Gasteiger partial charge >= 0.3 is 5.97 Å². The predicted octanol–water partition coefficient (Wildman–Crippen LogP) is 3.13. The van der Waals surface area contributed by atoms with Crippen LogP contribution in [0.1, 0.15) is 47.3 Å². The van der Waals surface area contributed by atoms with Crippen LogP contribution in [-0.4, -0.2) is 23.1 Å². The van der Waals surface area contributed by atoms with Crippen LogP contribution in [0.2, 0.25) is 0 Å². The number of aromatic hydroxyl groups is 1. The Hall–Kier alpha value is -2.82. The first-order valence-corrected chi connectivity index (χ1v) is 8.43. The number of ether oxygens (including phenoxy) is 1. The average molecular weight is 339 g/mol. The summed E-state index contributed by atoms with van der Waals surface area (Å²) in [7, 11) is 0. The molecule has 0 saturated carbocycles. The third-order valence-corrected chi connectivity index (χ3v) is 4.44. The Bertz CT molecular complexity index is 770. The molecular weight excluding hydrogens is 318 g/mol. The summed E-state index contributed by atoms with van der Waals surface area (Å²) in [4.78, 5) is 24.5. The molecule has 1 aliphatic carbocycles. The summed E-state index contributed by atoms with van der Waals surface area (Å²) in [5, 5.41) is 12.2. The summed E-state index contributed by atoms with van der Waals surface area (Å²) in [6.07, 6.45) is 2.02. The van der Waals surface area contributed by atoms with Crippen molar-refractivity contribution >= 4 is 11.9 Å². The van der Waals surface area contributed by atoms with Crippen LogP contribution in [0.25, 0.3) is 0 Å². The van der Waals surface area contributed by atoms with Crippen LogP contribution < -0.4 is 5.32 Å². The Kier molecular flexibility index (Phi) is 5.03. The van der Waals surface area contributed by atoms with E-state index in [4.69, 9.17) is 4.74 Å². The van der Waals surface area contributed by atoms with Crippen LogP contribution in [0.3, 0.4) is 0 Å². The van der Waals surface area contributed by atoms with Crippen molar-refractivity contribution in [1.82, 2.24) is 5.32 Å². The van der Waals surface area contributed by atoms with Crippen molar-refractivity contribution < 1.29 is 19.4 Å². The highest BCUT2D eigenvalue weighted by molar-refractivity contribution is 5.92. The van der Waals surface area contributed by atoms with Gasteiger partial charge in [-0.25, -0.2) is 4.79 Å². The average Bonchev–Trinajstić information content (AvgIpc) is 2.62. The lowest BCUT2D eigenvalue weighted by atomic mass is 9.87. The lowest BCUT2D eigenvalue weighted by molar-refractivity contribution is -0.130. The predicted molar refractivity (Wildman–Crippen MR) is 93.2 cm³/mol. The van der Waals surface area contributed by atoms with Gasteiger partial charge in [0.25, 0.3) is 5.91 Å². The number of phenolic OH excluding ortho intramolecular Hbond substituents is 1. The van der Waals surface area contributed by atoms with Crippen LogP contribution in [0, 0.1) is 0 Å². The second kappa shape index (κ2) is 7.38. The van der Waals surface area contributed by atoms with Crippen molar-refractivity contribution in [2.24, 2.45) is 0 Å². The molecule has 25 heavy (non-hydrogen) atoms. The van der Waals surface area contributed by atoms with Crippen LogP contribution in [0.15, 0.2) is 48.5 Å². The quantitative estimate of drug-likeness (QED) is 0.839. The van der Waals surface area contributed by atoms with Crippen molar-refractivity contribution in [3.05, 3.63) is 65.2 Å². The minimum absolute atomic E-state index is 0.0488. The number of amides is 1. The van der Waals surface area contributed by atoms with Crippen LogP contribution >= 0.6 is 0 Å². The Balaban J connectivity index is 1.62. The number of aryl methyl sites for hydroxylation is 1. The van der Waals surface area contributed by atoms with E-state index in [0.29, 0.717) is 5.56 Å². The summed E-state index contributed by atoms with van der Waals surface area (Å²) in [6, 6.07) is 13.8. The monoisotopic (exact) mass is 339 g/mol. The zero-order valence-electron chi connectivity index (χ0n) is 14.1. The van der Waals surface area contributed by atoms with Crippen LogP contribution in [0.4, 0.5) is 0 Å². The van der Waals surface area contributed by atoms with Crippen molar-refractivity contribution in [2.45, 2.75) is 38.3 Å². The zero-order chi connectivity index (χ0) is 17.8. The molecule has 1 amide bonds. The lowest BCUT2D eigenvalue weighted by Gasteiger charge is -2.27. The molecule has 1 aliphatic rings. The summed E-state index contributed by atoms with van der Waals surface area (Å²) >= 11 is 0. The number of hydrogen-bond donors (Lipinski definition) is 2. The molecule has 0 fully saturated rings. The number of carbonyl (C=O) groups is 2. The number of hydrogen-bond acceptors (Lipinski definition) is 4. The highest BCUT2D eigenvalue weighted by Gasteiger charge is 2.25. The molecule has 0 bridgehead atoms. The molecule has 2 aromatic carbocycles. The van der Waals surface area contributed by atoms with Gasteiger partial charge in [0, 0.05) is 0 Å². The summed E-state index contributed by atoms with van der Waals surface area (Å²) in [5.41, 5.74) is 2.69. The molecule has 5 nitrogen and oxygen atoms in total. The van der Waals surface area contributed by atoms with Gasteiger partial charge in [-0.1, -0.05) is 24.3 Å². The van der Waals surface area contributed by atoms with Crippen molar-refractivity contribution in [1.29, 1.82) is 0 Å². The summed E-state index contributed by atoms with van der Waals surface area (Å²) in [6.45, 7) is 1.56. The Morgan fingerprint density at radius 2 is 1.88 bits per heavy atom. The highest BCUT2D eigenvalue weighted by Crippen LogP contribution is 2.29. The normalized spacial score (nSPS) is 17.2. The van der Waals surface area contributed by atoms with Crippen molar-refractivity contribution in [3.63, 3.8) is 0 Å². The molecule has 0 heterocycles. The summed E-state index contributed by atoms with van der Waals surface area (Å²) in [5.74, 6) is -0.834. The van der Waals surface area contributed by atoms with Gasteiger partial charge in [0.2, 0.25) is 0 Å². The number of rotatable bonds is 4. The number of carbonyl (C=O) groups excluding carboxylic acids is 2. The van der Waals surface area contributed by atoms with E-state index in [9.17, 15) is 14.7 Å². The van der Waals surface area contributed by atoms with E-state index in [2.05, 4.69) is 11.4 Å². The van der Waals surface area contributed by atoms with E-state index in [1.54, 1.807) is 6.92 Å². The maximum Gasteiger partial charge on any atom is 0.338 e. The molecule has 0 aromatic heterocycles. The number of phenols is 1. The molecule has 2 aromatic rings. The number of fused-ring (bicyclic) bond motifs is 1. The Morgan fingerprint density at radius 1 is 1.16 bits per heavy atom. The number of esters is 1. The molecular formula is C20H21NO4. The fourth-order valence-corrected chi connectivity index (χ4v) is 3.07. The fourth-order valence-electron chi connectivity index (χ4n) is 3.07. The Labute approximate surface area is 146 Å². The lowest BCUT2D eigenvalue weighted by Crippen LogP contribution is -2.39. The second-order valence-corrected chi connectivity index (χ2v) is 6.25. The van der Waals surface area contributed by atoms with Crippen LogP contribution in [-0.2, 0) is 16.0 Å². The molecule has 3 rings (SSSR count). The summed E-state index contributed by atoms with van der Waals surface area (Å²) < 4.78 is 5.23. The maximum atomic E-state index is 12.4. The van der Waals surface area contributed by atoms with Crippen molar-refractivity contribution in [2.75, 3.05) is 0 Å². The number of benzene rings is 2. The third-order valence-electron chi connectivity index (χ3n) is 4.44. The first-order valence-electron chi connectivity index (χ1n) is 8.43. The molecule has 2 atom stereocenters. The van der Waals surface area contributed by atoms with E-state index in [1.807, 2.05) is 18.2 Å². The smallest absolute Gasteiger partial charge is 0.338 e. The largest absolute Gasteiger partial charge is 0.508 e.